The second-order valence-corrected chi connectivity index (χ2v) is 10.2. The SMILES string of the molecule is COCCn1ccc2c(C(=O)N3CCCC4=C[C@H]5C[C@H](CN6CCCC[C@H]56)[C@@H]43)cccc21. The molecule has 2 bridgehead atoms. The average Bonchev–Trinajstić information content (AvgIpc) is 3.25. The van der Waals surface area contributed by atoms with Crippen LogP contribution in [0.25, 0.3) is 10.9 Å². The van der Waals surface area contributed by atoms with Gasteiger partial charge in [0.25, 0.3) is 5.91 Å². The summed E-state index contributed by atoms with van der Waals surface area (Å²) in [6, 6.07) is 9.33. The van der Waals surface area contributed by atoms with Gasteiger partial charge in [-0.3, -0.25) is 9.69 Å². The topological polar surface area (TPSA) is 37.7 Å². The van der Waals surface area contributed by atoms with Crippen molar-refractivity contribution in [1.82, 2.24) is 14.4 Å². The molecule has 1 aliphatic carbocycles. The highest BCUT2D eigenvalue weighted by atomic mass is 16.5. The van der Waals surface area contributed by atoms with Crippen LogP contribution < -0.4 is 0 Å². The highest BCUT2D eigenvalue weighted by molar-refractivity contribution is 6.06. The smallest absolute Gasteiger partial charge is 0.255 e. The summed E-state index contributed by atoms with van der Waals surface area (Å²) in [5.41, 5.74) is 3.54. The first kappa shape index (κ1) is 20.5. The molecule has 4 atom stereocenters. The zero-order valence-corrected chi connectivity index (χ0v) is 19.2. The van der Waals surface area contributed by atoms with Crippen LogP contribution in [0, 0.1) is 11.8 Å². The van der Waals surface area contributed by atoms with Crippen LogP contribution in [0.2, 0.25) is 0 Å². The van der Waals surface area contributed by atoms with Crippen LogP contribution in [0.4, 0.5) is 0 Å². The molecule has 5 heteroatoms. The third-order valence-electron chi connectivity index (χ3n) is 8.50. The van der Waals surface area contributed by atoms with E-state index in [0.29, 0.717) is 24.5 Å². The lowest BCUT2D eigenvalue weighted by atomic mass is 9.68. The number of amides is 1. The van der Waals surface area contributed by atoms with Crippen LogP contribution in [-0.4, -0.2) is 65.7 Å². The number of carbonyl (C=O) groups excluding carboxylic acids is 1. The molecule has 3 saturated heterocycles. The van der Waals surface area contributed by atoms with Gasteiger partial charge in [0.2, 0.25) is 0 Å². The summed E-state index contributed by atoms with van der Waals surface area (Å²) in [6.07, 6.45) is 12.3. The van der Waals surface area contributed by atoms with E-state index in [1.165, 1.54) is 45.2 Å². The van der Waals surface area contributed by atoms with Gasteiger partial charge in [-0.05, 0) is 68.7 Å². The lowest BCUT2D eigenvalue weighted by molar-refractivity contribution is 0.00153. The van der Waals surface area contributed by atoms with Gasteiger partial charge in [0.05, 0.1) is 12.6 Å². The Hall–Kier alpha value is -2.11. The Morgan fingerprint density at radius 2 is 2.09 bits per heavy atom. The van der Waals surface area contributed by atoms with E-state index < -0.39 is 0 Å². The van der Waals surface area contributed by atoms with Crippen LogP contribution in [0.15, 0.2) is 42.1 Å². The van der Waals surface area contributed by atoms with Crippen molar-refractivity contribution in [3.8, 4) is 0 Å². The molecule has 0 unspecified atom stereocenters. The number of carbonyl (C=O) groups is 1. The van der Waals surface area contributed by atoms with Gasteiger partial charge in [0.15, 0.2) is 0 Å². The number of hydrogen-bond donors (Lipinski definition) is 0. The number of piperidine rings is 3. The minimum atomic E-state index is 0.218. The van der Waals surface area contributed by atoms with E-state index in [1.807, 2.05) is 12.1 Å². The van der Waals surface area contributed by atoms with Gasteiger partial charge in [-0.2, -0.15) is 0 Å². The molecule has 32 heavy (non-hydrogen) atoms. The summed E-state index contributed by atoms with van der Waals surface area (Å²) >= 11 is 0. The molecule has 4 aliphatic rings. The third kappa shape index (κ3) is 3.32. The molecule has 2 aromatic rings. The molecule has 4 heterocycles. The molecule has 6 rings (SSSR count). The van der Waals surface area contributed by atoms with Gasteiger partial charge in [-0.25, -0.2) is 0 Å². The van der Waals surface area contributed by atoms with Crippen molar-refractivity contribution in [3.05, 3.63) is 47.7 Å². The molecule has 3 fully saturated rings. The molecule has 0 radical (unpaired) electrons. The maximum Gasteiger partial charge on any atom is 0.255 e. The number of likely N-dealkylation sites (tertiary alicyclic amines) is 1. The molecular formula is C27H35N3O2. The van der Waals surface area contributed by atoms with Gasteiger partial charge in [0.1, 0.15) is 0 Å². The lowest BCUT2D eigenvalue weighted by Gasteiger charge is -2.54. The number of benzene rings is 1. The Bertz CT molecular complexity index is 1040. The Balaban J connectivity index is 1.32. The molecule has 0 spiro atoms. The van der Waals surface area contributed by atoms with E-state index in [2.05, 4.69) is 38.8 Å². The first-order valence-corrected chi connectivity index (χ1v) is 12.6. The number of methoxy groups -OCH3 is 1. The van der Waals surface area contributed by atoms with Gasteiger partial charge in [-0.1, -0.05) is 24.1 Å². The van der Waals surface area contributed by atoms with Crippen molar-refractivity contribution < 1.29 is 9.53 Å². The zero-order valence-electron chi connectivity index (χ0n) is 19.2. The fraction of sp³-hybridized carbons (Fsp3) is 0.593. The van der Waals surface area contributed by atoms with E-state index in [0.717, 1.165) is 42.0 Å². The summed E-state index contributed by atoms with van der Waals surface area (Å²) in [6.45, 7) is 4.77. The largest absolute Gasteiger partial charge is 0.383 e. The van der Waals surface area contributed by atoms with E-state index >= 15 is 0 Å². The molecule has 1 amide bonds. The highest BCUT2D eigenvalue weighted by Crippen LogP contribution is 2.45. The molecular weight excluding hydrogens is 398 g/mol. The molecule has 0 N–H and O–H groups in total. The zero-order chi connectivity index (χ0) is 21.7. The second kappa shape index (κ2) is 8.35. The number of hydrogen-bond acceptors (Lipinski definition) is 3. The van der Waals surface area contributed by atoms with Crippen molar-refractivity contribution in [2.24, 2.45) is 11.8 Å². The average molecular weight is 434 g/mol. The van der Waals surface area contributed by atoms with Gasteiger partial charge < -0.3 is 14.2 Å². The van der Waals surface area contributed by atoms with Crippen LogP contribution in [0.5, 0.6) is 0 Å². The predicted molar refractivity (Wildman–Crippen MR) is 127 cm³/mol. The fourth-order valence-electron chi connectivity index (χ4n) is 7.15. The van der Waals surface area contributed by atoms with E-state index in [4.69, 9.17) is 4.74 Å². The Kier molecular flexibility index (Phi) is 5.34. The summed E-state index contributed by atoms with van der Waals surface area (Å²) in [5.74, 6) is 1.51. The van der Waals surface area contributed by atoms with Crippen LogP contribution in [0.1, 0.15) is 48.9 Å². The van der Waals surface area contributed by atoms with Gasteiger partial charge >= 0.3 is 0 Å². The maximum absolute atomic E-state index is 14.0. The third-order valence-corrected chi connectivity index (χ3v) is 8.50. The van der Waals surface area contributed by atoms with Crippen molar-refractivity contribution in [3.63, 3.8) is 0 Å². The van der Waals surface area contributed by atoms with E-state index in [9.17, 15) is 4.79 Å². The van der Waals surface area contributed by atoms with Crippen LogP contribution in [0.3, 0.4) is 0 Å². The monoisotopic (exact) mass is 433 g/mol. The summed E-state index contributed by atoms with van der Waals surface area (Å²) in [4.78, 5) is 19.0. The lowest BCUT2D eigenvalue weighted by Crippen LogP contribution is -2.60. The van der Waals surface area contributed by atoms with Crippen LogP contribution >= 0.6 is 0 Å². The van der Waals surface area contributed by atoms with Gasteiger partial charge in [0, 0.05) is 55.4 Å². The molecule has 170 valence electrons. The summed E-state index contributed by atoms with van der Waals surface area (Å²) in [5, 5.41) is 1.07. The molecule has 0 saturated carbocycles. The fourth-order valence-corrected chi connectivity index (χ4v) is 7.15. The number of nitrogens with zero attached hydrogens (tertiary/aromatic N) is 3. The normalized spacial score (nSPS) is 30.0. The molecule has 1 aromatic heterocycles. The van der Waals surface area contributed by atoms with Crippen LogP contribution in [-0.2, 0) is 11.3 Å². The Labute approximate surface area is 191 Å². The quantitative estimate of drug-likeness (QED) is 0.674. The van der Waals surface area contributed by atoms with Gasteiger partial charge in [-0.15, -0.1) is 0 Å². The summed E-state index contributed by atoms with van der Waals surface area (Å²) in [7, 11) is 1.73. The maximum atomic E-state index is 14.0. The first-order valence-electron chi connectivity index (χ1n) is 12.6. The number of aromatic nitrogens is 1. The Morgan fingerprint density at radius 1 is 1.16 bits per heavy atom. The first-order chi connectivity index (χ1) is 15.7. The van der Waals surface area contributed by atoms with Crippen molar-refractivity contribution in [1.29, 1.82) is 0 Å². The standard InChI is InChI=1S/C27H35N3O2/c1-32-15-14-28-13-10-22-23(7-4-9-25(22)28)27(31)30-12-5-6-19-16-20-17-21(26(19)30)18-29-11-3-2-8-24(20)29/h4,7,9-10,13,16,20-21,24,26H,2-3,5-6,8,11-12,14-15,17-18H2,1H3/t20-,21+,24+,26+/m0/s1. The summed E-state index contributed by atoms with van der Waals surface area (Å²) < 4.78 is 7.46. The molecule has 5 nitrogen and oxygen atoms in total. The number of fused-ring (bicyclic) bond motifs is 7. The molecule has 1 aromatic carbocycles. The van der Waals surface area contributed by atoms with Crippen molar-refractivity contribution >= 4 is 16.8 Å². The second-order valence-electron chi connectivity index (χ2n) is 10.2. The van der Waals surface area contributed by atoms with E-state index in [-0.39, 0.29) is 5.91 Å². The minimum absolute atomic E-state index is 0.218. The predicted octanol–water partition coefficient (Wildman–Crippen LogP) is 4.32. The Morgan fingerprint density at radius 3 is 3.00 bits per heavy atom. The van der Waals surface area contributed by atoms with E-state index in [1.54, 1.807) is 12.7 Å². The molecule has 3 aliphatic heterocycles. The number of ether oxygens (including phenoxy) is 1. The highest BCUT2D eigenvalue weighted by Gasteiger charge is 2.47. The number of rotatable bonds is 4. The van der Waals surface area contributed by atoms with Crippen molar-refractivity contribution in [2.45, 2.75) is 57.2 Å². The van der Waals surface area contributed by atoms with Crippen molar-refractivity contribution in [2.75, 3.05) is 33.4 Å². The minimum Gasteiger partial charge on any atom is -0.383 e.